The molecule has 0 aromatic heterocycles. The first-order valence-corrected chi connectivity index (χ1v) is 6.92. The van der Waals surface area contributed by atoms with Crippen LogP contribution in [0.1, 0.15) is 31.2 Å². The van der Waals surface area contributed by atoms with Crippen LogP contribution < -0.4 is 10.2 Å². The van der Waals surface area contributed by atoms with Crippen LogP contribution in [0.25, 0.3) is 0 Å². The zero-order chi connectivity index (χ0) is 13.5. The van der Waals surface area contributed by atoms with Gasteiger partial charge in [0.1, 0.15) is 5.82 Å². The third-order valence-electron chi connectivity index (χ3n) is 4.47. The molecule has 1 fully saturated rings. The quantitative estimate of drug-likeness (QED) is 0.930. The molecule has 1 saturated carbocycles. The molecule has 0 bridgehead atoms. The average Bonchev–Trinajstić information content (AvgIpc) is 2.73. The SMILES string of the molecule is CNCCC(=O)N1CC2(CCC2)c2c(F)cccc21.Cl. The van der Waals surface area contributed by atoms with Crippen LogP contribution in [0.3, 0.4) is 0 Å². The zero-order valence-corrected chi connectivity index (χ0v) is 12.4. The van der Waals surface area contributed by atoms with E-state index in [0.29, 0.717) is 19.5 Å². The van der Waals surface area contributed by atoms with Crippen molar-refractivity contribution in [2.24, 2.45) is 0 Å². The number of carbonyl (C=O) groups excluding carboxylic acids is 1. The Morgan fingerprint density at radius 2 is 2.20 bits per heavy atom. The standard InChI is InChI=1S/C15H19FN2O.ClH/c1-17-9-6-13(19)18-10-15(7-3-8-15)14-11(16)4-2-5-12(14)18;/h2,4-5,17H,3,6-10H2,1H3;1H. The molecule has 0 atom stereocenters. The van der Waals surface area contributed by atoms with Crippen molar-refractivity contribution >= 4 is 24.0 Å². The fourth-order valence-corrected chi connectivity index (χ4v) is 3.33. The molecule has 0 saturated heterocycles. The molecule has 2 aliphatic rings. The first-order valence-electron chi connectivity index (χ1n) is 6.92. The van der Waals surface area contributed by atoms with Gasteiger partial charge >= 0.3 is 0 Å². The average molecular weight is 299 g/mol. The van der Waals surface area contributed by atoms with Gasteiger partial charge in [-0.1, -0.05) is 12.5 Å². The van der Waals surface area contributed by atoms with Gasteiger partial charge in [0, 0.05) is 30.5 Å². The van der Waals surface area contributed by atoms with Crippen LogP contribution in [0.15, 0.2) is 18.2 Å². The van der Waals surface area contributed by atoms with E-state index in [0.717, 1.165) is 30.5 Å². The molecular weight excluding hydrogens is 279 g/mol. The second-order valence-corrected chi connectivity index (χ2v) is 5.60. The van der Waals surface area contributed by atoms with Gasteiger partial charge in [0.2, 0.25) is 5.91 Å². The van der Waals surface area contributed by atoms with Crippen molar-refractivity contribution in [3.8, 4) is 0 Å². The van der Waals surface area contributed by atoms with Gasteiger partial charge in [-0.2, -0.15) is 0 Å². The highest BCUT2D eigenvalue weighted by atomic mass is 35.5. The lowest BCUT2D eigenvalue weighted by Crippen LogP contribution is -2.42. The Kier molecular flexibility index (Phi) is 4.35. The summed E-state index contributed by atoms with van der Waals surface area (Å²) >= 11 is 0. The summed E-state index contributed by atoms with van der Waals surface area (Å²) in [4.78, 5) is 14.1. The first kappa shape index (κ1) is 15.3. The lowest BCUT2D eigenvalue weighted by atomic mass is 9.65. The van der Waals surface area contributed by atoms with Gasteiger partial charge in [-0.15, -0.1) is 12.4 Å². The Balaban J connectivity index is 0.00000147. The third kappa shape index (κ3) is 2.21. The predicted octanol–water partition coefficient (Wildman–Crippen LogP) is 2.63. The number of nitrogens with one attached hydrogen (secondary N) is 1. The molecule has 1 aliphatic carbocycles. The van der Waals surface area contributed by atoms with Gasteiger partial charge < -0.3 is 10.2 Å². The summed E-state index contributed by atoms with van der Waals surface area (Å²) in [6.45, 7) is 1.32. The van der Waals surface area contributed by atoms with E-state index in [1.807, 2.05) is 13.1 Å². The topological polar surface area (TPSA) is 32.3 Å². The third-order valence-corrected chi connectivity index (χ3v) is 4.47. The predicted molar refractivity (Wildman–Crippen MR) is 80.1 cm³/mol. The van der Waals surface area contributed by atoms with E-state index < -0.39 is 0 Å². The number of rotatable bonds is 3. The van der Waals surface area contributed by atoms with E-state index in [1.54, 1.807) is 11.0 Å². The molecule has 0 unspecified atom stereocenters. The van der Waals surface area contributed by atoms with E-state index in [9.17, 15) is 9.18 Å². The minimum absolute atomic E-state index is 0. The monoisotopic (exact) mass is 298 g/mol. The van der Waals surface area contributed by atoms with Crippen molar-refractivity contribution < 1.29 is 9.18 Å². The summed E-state index contributed by atoms with van der Waals surface area (Å²) in [6, 6.07) is 5.09. The van der Waals surface area contributed by atoms with Crippen molar-refractivity contribution in [2.45, 2.75) is 31.1 Å². The van der Waals surface area contributed by atoms with Crippen LogP contribution in [0, 0.1) is 5.82 Å². The lowest BCUT2D eigenvalue weighted by molar-refractivity contribution is -0.118. The van der Waals surface area contributed by atoms with Crippen LogP contribution in [0.4, 0.5) is 10.1 Å². The number of amides is 1. The number of fused-ring (bicyclic) bond motifs is 2. The molecule has 1 N–H and O–H groups in total. The maximum Gasteiger partial charge on any atom is 0.228 e. The summed E-state index contributed by atoms with van der Waals surface area (Å²) in [5.41, 5.74) is 1.47. The number of hydrogen-bond acceptors (Lipinski definition) is 2. The van der Waals surface area contributed by atoms with Gasteiger partial charge in [0.05, 0.1) is 5.69 Å². The molecule has 1 aliphatic heterocycles. The second kappa shape index (κ2) is 5.70. The van der Waals surface area contributed by atoms with Crippen LogP contribution in [0.5, 0.6) is 0 Å². The highest BCUT2D eigenvalue weighted by Gasteiger charge is 2.49. The van der Waals surface area contributed by atoms with Gasteiger partial charge in [0.25, 0.3) is 0 Å². The summed E-state index contributed by atoms with van der Waals surface area (Å²) < 4.78 is 14.1. The summed E-state index contributed by atoms with van der Waals surface area (Å²) in [7, 11) is 1.83. The molecule has 1 heterocycles. The van der Waals surface area contributed by atoms with Gasteiger partial charge in [-0.05, 0) is 32.0 Å². The largest absolute Gasteiger partial charge is 0.319 e. The molecule has 20 heavy (non-hydrogen) atoms. The van der Waals surface area contributed by atoms with Crippen LogP contribution in [-0.4, -0.2) is 26.0 Å². The minimum atomic E-state index is -0.152. The highest BCUT2D eigenvalue weighted by Crippen LogP contribution is 2.53. The highest BCUT2D eigenvalue weighted by molar-refractivity contribution is 5.96. The molecule has 1 aromatic carbocycles. The Labute approximate surface area is 124 Å². The normalized spacial score (nSPS) is 18.4. The van der Waals surface area contributed by atoms with E-state index in [-0.39, 0.29) is 29.5 Å². The van der Waals surface area contributed by atoms with E-state index in [2.05, 4.69) is 5.32 Å². The number of carbonyl (C=O) groups is 1. The van der Waals surface area contributed by atoms with Crippen LogP contribution in [0.2, 0.25) is 0 Å². The van der Waals surface area contributed by atoms with Crippen LogP contribution in [-0.2, 0) is 10.2 Å². The van der Waals surface area contributed by atoms with Crippen molar-refractivity contribution in [2.75, 3.05) is 25.0 Å². The minimum Gasteiger partial charge on any atom is -0.319 e. The maximum atomic E-state index is 14.1. The van der Waals surface area contributed by atoms with E-state index >= 15 is 0 Å². The zero-order valence-electron chi connectivity index (χ0n) is 11.6. The number of benzene rings is 1. The number of halogens is 2. The fourth-order valence-electron chi connectivity index (χ4n) is 3.33. The Morgan fingerprint density at radius 3 is 2.80 bits per heavy atom. The molecule has 1 spiro atoms. The van der Waals surface area contributed by atoms with Crippen molar-refractivity contribution in [1.82, 2.24) is 5.32 Å². The van der Waals surface area contributed by atoms with E-state index in [4.69, 9.17) is 0 Å². The Hall–Kier alpha value is -1.13. The molecule has 1 amide bonds. The molecule has 1 aromatic rings. The summed E-state index contributed by atoms with van der Waals surface area (Å²) in [6.07, 6.45) is 3.59. The van der Waals surface area contributed by atoms with Gasteiger partial charge in [-0.25, -0.2) is 4.39 Å². The molecule has 3 rings (SSSR count). The van der Waals surface area contributed by atoms with Gasteiger partial charge in [0.15, 0.2) is 0 Å². The van der Waals surface area contributed by atoms with Gasteiger partial charge in [-0.3, -0.25) is 4.79 Å². The maximum absolute atomic E-state index is 14.1. The van der Waals surface area contributed by atoms with E-state index in [1.165, 1.54) is 6.07 Å². The van der Waals surface area contributed by atoms with Crippen molar-refractivity contribution in [3.05, 3.63) is 29.6 Å². The summed E-state index contributed by atoms with van der Waals surface area (Å²) in [5.74, 6) is -0.0638. The van der Waals surface area contributed by atoms with Crippen LogP contribution >= 0.6 is 12.4 Å². The second-order valence-electron chi connectivity index (χ2n) is 5.60. The van der Waals surface area contributed by atoms with Crippen molar-refractivity contribution in [1.29, 1.82) is 0 Å². The molecule has 0 radical (unpaired) electrons. The Morgan fingerprint density at radius 1 is 1.45 bits per heavy atom. The molecule has 110 valence electrons. The van der Waals surface area contributed by atoms with Crippen molar-refractivity contribution in [3.63, 3.8) is 0 Å². The fraction of sp³-hybridized carbons (Fsp3) is 0.533. The first-order chi connectivity index (χ1) is 9.18. The molecular formula is C15H20ClFN2O. The number of nitrogens with zero attached hydrogens (tertiary/aromatic N) is 1. The molecule has 3 nitrogen and oxygen atoms in total. The Bertz CT molecular complexity index is 517. The number of hydrogen-bond donors (Lipinski definition) is 1. The smallest absolute Gasteiger partial charge is 0.228 e. The molecule has 5 heteroatoms. The lowest BCUT2D eigenvalue weighted by Gasteiger charge is -2.39. The summed E-state index contributed by atoms with van der Waals surface area (Å²) in [5, 5.41) is 2.98. The number of anilines is 1.